The predicted octanol–water partition coefficient (Wildman–Crippen LogP) is 3.55. The molecule has 4 aromatic rings. The van der Waals surface area contributed by atoms with E-state index in [1.807, 2.05) is 49.3 Å². The number of aromatic hydroxyl groups is 1. The van der Waals surface area contributed by atoms with Gasteiger partial charge in [0.05, 0.1) is 16.1 Å². The smallest absolute Gasteiger partial charge is 0.316 e. The molecule has 9 heteroatoms. The molecule has 8 nitrogen and oxygen atoms in total. The van der Waals surface area contributed by atoms with E-state index < -0.39 is 11.1 Å². The van der Waals surface area contributed by atoms with Crippen LogP contribution < -0.4 is 11.1 Å². The maximum absolute atomic E-state index is 13.4. The average molecular weight is 533 g/mol. The van der Waals surface area contributed by atoms with Crippen LogP contribution in [0.1, 0.15) is 0 Å². The summed E-state index contributed by atoms with van der Waals surface area (Å²) in [5, 5.41) is 12.6. The van der Waals surface area contributed by atoms with Crippen molar-refractivity contribution in [3.05, 3.63) is 86.9 Å². The van der Waals surface area contributed by atoms with Crippen molar-refractivity contribution < 1.29 is 9.90 Å². The lowest BCUT2D eigenvalue weighted by atomic mass is 9.96. The number of phenols is 1. The molecule has 1 fully saturated rings. The number of carbonyl (C=O) groups excluding carboxylic acids is 1. The van der Waals surface area contributed by atoms with Crippen molar-refractivity contribution in [2.24, 2.45) is 5.92 Å². The van der Waals surface area contributed by atoms with Crippen LogP contribution in [0.4, 0.5) is 0 Å². The van der Waals surface area contributed by atoms with Crippen molar-refractivity contribution in [3.63, 3.8) is 0 Å². The fourth-order valence-electron chi connectivity index (χ4n) is 5.11. The van der Waals surface area contributed by atoms with Gasteiger partial charge in [-0.15, -0.1) is 0 Å². The molecular weight excluding hydrogens is 504 g/mol. The SMILES string of the molecule is C=CC(=O)N1CC(Cn2c(=O)c(=O)n(CCN(C)C)c3cc(-c4cc(O)cc5ccccc45)c(Cl)cc32)C1. The number of likely N-dealkylation sites (tertiary alicyclic amines) is 1. The van der Waals surface area contributed by atoms with Crippen LogP contribution in [0.25, 0.3) is 32.9 Å². The normalized spacial score (nSPS) is 13.8. The molecule has 0 saturated carbocycles. The molecule has 0 spiro atoms. The number of benzene rings is 3. The lowest BCUT2D eigenvalue weighted by Crippen LogP contribution is -2.52. The second-order valence-electron chi connectivity index (χ2n) is 10.0. The predicted molar refractivity (Wildman–Crippen MR) is 151 cm³/mol. The third-order valence-electron chi connectivity index (χ3n) is 7.11. The molecule has 1 aliphatic rings. The van der Waals surface area contributed by atoms with Crippen LogP contribution in [0.3, 0.4) is 0 Å². The summed E-state index contributed by atoms with van der Waals surface area (Å²) < 4.78 is 2.99. The lowest BCUT2D eigenvalue weighted by molar-refractivity contribution is -0.132. The Morgan fingerprint density at radius 3 is 2.45 bits per heavy atom. The first-order valence-electron chi connectivity index (χ1n) is 12.4. The van der Waals surface area contributed by atoms with E-state index in [1.54, 1.807) is 23.1 Å². The largest absolute Gasteiger partial charge is 0.508 e. The summed E-state index contributed by atoms with van der Waals surface area (Å²) in [7, 11) is 3.81. The van der Waals surface area contributed by atoms with E-state index in [9.17, 15) is 19.5 Å². The molecule has 196 valence electrons. The quantitative estimate of drug-likeness (QED) is 0.290. The Hall–Kier alpha value is -3.88. The Bertz CT molecular complexity index is 1700. The van der Waals surface area contributed by atoms with Gasteiger partial charge in [0.2, 0.25) is 5.91 Å². The number of halogens is 1. The highest BCUT2D eigenvalue weighted by molar-refractivity contribution is 6.34. The fourth-order valence-corrected chi connectivity index (χ4v) is 5.37. The Labute approximate surface area is 224 Å². The van der Waals surface area contributed by atoms with Gasteiger partial charge in [0.15, 0.2) is 0 Å². The minimum absolute atomic E-state index is 0.0327. The molecule has 38 heavy (non-hydrogen) atoms. The first-order chi connectivity index (χ1) is 18.2. The van der Waals surface area contributed by atoms with Crippen LogP contribution in [0, 0.1) is 5.92 Å². The highest BCUT2D eigenvalue weighted by Gasteiger charge is 2.30. The number of hydrogen-bond donors (Lipinski definition) is 1. The zero-order valence-corrected chi connectivity index (χ0v) is 22.1. The number of aromatic nitrogens is 2. The van der Waals surface area contributed by atoms with Gasteiger partial charge >= 0.3 is 11.1 Å². The Balaban J connectivity index is 1.70. The standard InChI is InChI=1S/C29H29ClN4O4/c1-4-27(36)32-15-18(16-32)17-34-26-14-24(30)23(22-12-20(35)11-19-7-5-6-8-21(19)22)13-25(26)33(10-9-31(2)3)28(37)29(34)38/h4-8,11-14,18,35H,1,9-10,15-17H2,2-3H3. The highest BCUT2D eigenvalue weighted by atomic mass is 35.5. The number of likely N-dealkylation sites (N-methyl/N-ethyl adjacent to an activating group) is 1. The molecule has 0 unspecified atom stereocenters. The average Bonchev–Trinajstić information content (AvgIpc) is 2.86. The lowest BCUT2D eigenvalue weighted by Gasteiger charge is -2.39. The Morgan fingerprint density at radius 2 is 1.74 bits per heavy atom. The van der Waals surface area contributed by atoms with E-state index >= 15 is 0 Å². The molecule has 0 bridgehead atoms. The summed E-state index contributed by atoms with van der Waals surface area (Å²) in [6.45, 7) is 5.68. The van der Waals surface area contributed by atoms with Crippen LogP contribution in [-0.2, 0) is 17.9 Å². The van der Waals surface area contributed by atoms with Crippen LogP contribution in [0.15, 0.2) is 70.8 Å². The van der Waals surface area contributed by atoms with Crippen molar-refractivity contribution in [1.29, 1.82) is 0 Å². The molecule has 1 aliphatic heterocycles. The van der Waals surface area contributed by atoms with Gasteiger partial charge in [-0.25, -0.2) is 0 Å². The van der Waals surface area contributed by atoms with Gasteiger partial charge in [0.25, 0.3) is 0 Å². The molecule has 0 aliphatic carbocycles. The monoisotopic (exact) mass is 532 g/mol. The first kappa shape index (κ1) is 25.8. The van der Waals surface area contributed by atoms with Gasteiger partial charge in [-0.1, -0.05) is 42.4 Å². The topological polar surface area (TPSA) is 87.8 Å². The molecule has 2 heterocycles. The molecule has 3 aromatic carbocycles. The summed E-state index contributed by atoms with van der Waals surface area (Å²) >= 11 is 6.85. The molecule has 1 aromatic heterocycles. The van der Waals surface area contributed by atoms with E-state index in [1.165, 1.54) is 15.2 Å². The third kappa shape index (κ3) is 4.61. The maximum atomic E-state index is 13.4. The zero-order valence-electron chi connectivity index (χ0n) is 21.4. The number of phenolic OH excluding ortho intramolecular Hbond substituents is 1. The summed E-state index contributed by atoms with van der Waals surface area (Å²) in [6, 6.07) is 14.6. The number of rotatable bonds is 7. The summed E-state index contributed by atoms with van der Waals surface area (Å²) in [6.07, 6.45) is 1.27. The number of carbonyl (C=O) groups is 1. The van der Waals surface area contributed by atoms with Gasteiger partial charge < -0.3 is 24.0 Å². The van der Waals surface area contributed by atoms with Crippen LogP contribution in [0.2, 0.25) is 5.02 Å². The summed E-state index contributed by atoms with van der Waals surface area (Å²) in [4.78, 5) is 42.2. The first-order valence-corrected chi connectivity index (χ1v) is 12.8. The molecule has 0 radical (unpaired) electrons. The van der Waals surface area contributed by atoms with Crippen LogP contribution in [0.5, 0.6) is 5.75 Å². The molecule has 1 amide bonds. The van der Waals surface area contributed by atoms with Gasteiger partial charge in [-0.3, -0.25) is 14.4 Å². The van der Waals surface area contributed by atoms with Crippen molar-refractivity contribution in [3.8, 4) is 16.9 Å². The summed E-state index contributed by atoms with van der Waals surface area (Å²) in [5.74, 6) is -0.0117. The van der Waals surface area contributed by atoms with Gasteiger partial charge in [0.1, 0.15) is 5.75 Å². The van der Waals surface area contributed by atoms with E-state index in [0.717, 1.165) is 16.3 Å². The fraction of sp³-hybridized carbons (Fsp3) is 0.276. The molecule has 0 atom stereocenters. The van der Waals surface area contributed by atoms with Crippen molar-refractivity contribution in [1.82, 2.24) is 18.9 Å². The molecule has 5 rings (SSSR count). The molecule has 1 N–H and O–H groups in total. The van der Waals surface area contributed by atoms with Crippen molar-refractivity contribution >= 4 is 39.3 Å². The van der Waals surface area contributed by atoms with Gasteiger partial charge in [-0.05, 0) is 60.8 Å². The highest BCUT2D eigenvalue weighted by Crippen LogP contribution is 2.38. The summed E-state index contributed by atoms with van der Waals surface area (Å²) in [5.41, 5.74) is 1.31. The second kappa shape index (κ2) is 10.1. The zero-order chi connectivity index (χ0) is 27.1. The number of fused-ring (bicyclic) bond motifs is 2. The molecule has 1 saturated heterocycles. The molecular formula is C29H29ClN4O4. The van der Waals surface area contributed by atoms with Gasteiger partial charge in [-0.2, -0.15) is 0 Å². The second-order valence-corrected chi connectivity index (χ2v) is 10.4. The minimum atomic E-state index is -0.614. The van der Waals surface area contributed by atoms with Crippen LogP contribution >= 0.6 is 11.6 Å². The van der Waals surface area contributed by atoms with Crippen molar-refractivity contribution in [2.75, 3.05) is 33.7 Å². The van der Waals surface area contributed by atoms with E-state index in [2.05, 4.69) is 6.58 Å². The number of hydrogen-bond acceptors (Lipinski definition) is 5. The third-order valence-corrected chi connectivity index (χ3v) is 7.42. The number of nitrogens with zero attached hydrogens (tertiary/aromatic N) is 4. The van der Waals surface area contributed by atoms with E-state index in [4.69, 9.17) is 11.6 Å². The van der Waals surface area contributed by atoms with Crippen LogP contribution in [-0.4, -0.2) is 63.7 Å². The minimum Gasteiger partial charge on any atom is -0.508 e. The Kier molecular flexibility index (Phi) is 6.86. The van der Waals surface area contributed by atoms with E-state index in [0.29, 0.717) is 54.3 Å². The van der Waals surface area contributed by atoms with E-state index in [-0.39, 0.29) is 17.6 Å². The Morgan fingerprint density at radius 1 is 1.05 bits per heavy atom. The number of amides is 1. The maximum Gasteiger partial charge on any atom is 0.316 e. The van der Waals surface area contributed by atoms with Crippen molar-refractivity contribution in [2.45, 2.75) is 13.1 Å². The van der Waals surface area contributed by atoms with Gasteiger partial charge in [0, 0.05) is 44.2 Å².